The van der Waals surface area contributed by atoms with Crippen LogP contribution in [0.4, 0.5) is 17.6 Å². The lowest BCUT2D eigenvalue weighted by Crippen LogP contribution is -2.43. The summed E-state index contributed by atoms with van der Waals surface area (Å²) >= 11 is 1.40. The number of thiophene rings is 1. The fourth-order valence-corrected chi connectivity index (χ4v) is 5.77. The molecule has 0 aliphatic heterocycles. The van der Waals surface area contributed by atoms with Gasteiger partial charge in [-0.1, -0.05) is 0 Å². The molecular weight excluding hydrogens is 504 g/mol. The molecule has 12 heteroatoms. The van der Waals surface area contributed by atoms with Crippen LogP contribution in [0.15, 0.2) is 46.8 Å². The van der Waals surface area contributed by atoms with E-state index in [4.69, 9.17) is 0 Å². The molecule has 35 heavy (non-hydrogen) atoms. The lowest BCUT2D eigenvalue weighted by molar-refractivity contribution is -0.147. The number of hydrogen-bond acceptors (Lipinski definition) is 5. The van der Waals surface area contributed by atoms with Gasteiger partial charge in [-0.2, -0.15) is 23.2 Å². The van der Waals surface area contributed by atoms with E-state index in [0.717, 1.165) is 10.9 Å². The molecular formula is C23H18F4N4O2S2. The summed E-state index contributed by atoms with van der Waals surface area (Å²) in [5.74, 6) is -0.561. The topological polar surface area (TPSA) is 87.8 Å². The maximum absolute atomic E-state index is 14.5. The minimum Gasteiger partial charge on any atom is -0.306 e. The first-order valence-electron chi connectivity index (χ1n) is 10.2. The Kier molecular flexibility index (Phi) is 6.21. The average Bonchev–Trinajstić information content (AvgIpc) is 3.33. The number of nitrogens with zero attached hydrogens (tertiary/aromatic N) is 3. The Morgan fingerprint density at radius 3 is 2.54 bits per heavy atom. The minimum atomic E-state index is -4.81. The van der Waals surface area contributed by atoms with Crippen LogP contribution in [-0.2, 0) is 10.0 Å². The van der Waals surface area contributed by atoms with Crippen LogP contribution in [0.1, 0.15) is 22.9 Å². The van der Waals surface area contributed by atoms with E-state index in [-0.39, 0.29) is 22.3 Å². The maximum Gasteiger partial charge on any atom is 0.404 e. The Hall–Kier alpha value is -3.27. The lowest BCUT2D eigenvalue weighted by atomic mass is 10.1. The highest BCUT2D eigenvalue weighted by molar-refractivity contribution is 7.89. The normalized spacial score (nSPS) is 13.2. The molecule has 3 aromatic heterocycles. The van der Waals surface area contributed by atoms with Crippen molar-refractivity contribution in [1.82, 2.24) is 14.3 Å². The maximum atomic E-state index is 14.5. The smallest absolute Gasteiger partial charge is 0.306 e. The van der Waals surface area contributed by atoms with Crippen molar-refractivity contribution in [1.29, 1.82) is 5.26 Å². The number of sulfonamides is 1. The van der Waals surface area contributed by atoms with Gasteiger partial charge in [-0.25, -0.2) is 12.8 Å². The molecule has 1 N–H and O–H groups in total. The SMILES string of the molecule is Cc1cc(-n2c(-c3ncccc3S(=O)(=O)N[C@@H](C)C(F)(F)F)c(C#N)c3cc(F)c(C)cc32)cs1. The highest BCUT2D eigenvalue weighted by Crippen LogP contribution is 2.39. The number of nitrogens with one attached hydrogen (secondary N) is 1. The van der Waals surface area contributed by atoms with Crippen LogP contribution >= 0.6 is 11.3 Å². The summed E-state index contributed by atoms with van der Waals surface area (Å²) in [5, 5.41) is 12.0. The summed E-state index contributed by atoms with van der Waals surface area (Å²) in [4.78, 5) is 4.54. The summed E-state index contributed by atoms with van der Waals surface area (Å²) in [6, 6.07) is 6.54. The first kappa shape index (κ1) is 24.8. The van der Waals surface area contributed by atoms with Crippen LogP contribution in [0.2, 0.25) is 0 Å². The van der Waals surface area contributed by atoms with Crippen molar-refractivity contribution in [2.45, 2.75) is 37.9 Å². The monoisotopic (exact) mass is 522 g/mol. The molecule has 4 rings (SSSR count). The van der Waals surface area contributed by atoms with Crippen molar-refractivity contribution in [2.24, 2.45) is 0 Å². The molecule has 4 aromatic rings. The van der Waals surface area contributed by atoms with Crippen LogP contribution in [0.3, 0.4) is 0 Å². The Balaban J connectivity index is 2.08. The quantitative estimate of drug-likeness (QED) is 0.345. The molecule has 0 aliphatic carbocycles. The number of hydrogen-bond donors (Lipinski definition) is 1. The number of benzene rings is 1. The molecule has 6 nitrogen and oxygen atoms in total. The van der Waals surface area contributed by atoms with E-state index < -0.39 is 33.0 Å². The molecule has 0 amide bonds. The van der Waals surface area contributed by atoms with E-state index in [1.807, 2.05) is 13.0 Å². The minimum absolute atomic E-state index is 0.0333. The number of pyridine rings is 1. The first-order chi connectivity index (χ1) is 16.3. The predicted octanol–water partition coefficient (Wildman–Crippen LogP) is 5.61. The summed E-state index contributed by atoms with van der Waals surface area (Å²) in [5.41, 5.74) is 1.05. The highest BCUT2D eigenvalue weighted by Gasteiger charge is 2.40. The van der Waals surface area contributed by atoms with Crippen molar-refractivity contribution in [2.75, 3.05) is 0 Å². The van der Waals surface area contributed by atoms with E-state index in [0.29, 0.717) is 23.7 Å². The van der Waals surface area contributed by atoms with Crippen molar-refractivity contribution in [3.8, 4) is 23.1 Å². The van der Waals surface area contributed by atoms with E-state index in [9.17, 15) is 31.2 Å². The molecule has 0 unspecified atom stereocenters. The third-order valence-electron chi connectivity index (χ3n) is 5.44. The first-order valence-corrected chi connectivity index (χ1v) is 12.6. The zero-order valence-corrected chi connectivity index (χ0v) is 20.2. The van der Waals surface area contributed by atoms with Gasteiger partial charge in [0.2, 0.25) is 10.0 Å². The van der Waals surface area contributed by atoms with Gasteiger partial charge in [0.05, 0.1) is 22.5 Å². The second-order valence-corrected chi connectivity index (χ2v) is 10.7. The molecule has 3 heterocycles. The third-order valence-corrected chi connectivity index (χ3v) is 7.86. The molecule has 0 saturated carbocycles. The molecule has 0 aliphatic rings. The fraction of sp³-hybridized carbons (Fsp3) is 0.217. The van der Waals surface area contributed by atoms with E-state index in [1.165, 1.54) is 35.7 Å². The second-order valence-electron chi connectivity index (χ2n) is 7.94. The van der Waals surface area contributed by atoms with Gasteiger partial charge < -0.3 is 4.57 Å². The molecule has 1 atom stereocenters. The number of nitriles is 1. The zero-order valence-electron chi connectivity index (χ0n) is 18.6. The van der Waals surface area contributed by atoms with Crippen molar-refractivity contribution < 1.29 is 26.0 Å². The molecule has 1 aromatic carbocycles. The van der Waals surface area contributed by atoms with Crippen molar-refractivity contribution >= 4 is 32.3 Å². The summed E-state index contributed by atoms with van der Waals surface area (Å²) in [7, 11) is -4.72. The van der Waals surface area contributed by atoms with Crippen LogP contribution < -0.4 is 4.72 Å². The van der Waals surface area contributed by atoms with Crippen molar-refractivity contribution in [3.05, 3.63) is 63.7 Å². The van der Waals surface area contributed by atoms with Gasteiger partial charge >= 0.3 is 6.18 Å². The molecule has 0 spiro atoms. The van der Waals surface area contributed by atoms with E-state index >= 15 is 0 Å². The summed E-state index contributed by atoms with van der Waals surface area (Å²) in [6.45, 7) is 4.09. The van der Waals surface area contributed by atoms with Gasteiger partial charge in [-0.05, 0) is 56.7 Å². The van der Waals surface area contributed by atoms with Gasteiger partial charge in [0, 0.05) is 21.8 Å². The van der Waals surface area contributed by atoms with Gasteiger partial charge in [-0.15, -0.1) is 11.3 Å². The van der Waals surface area contributed by atoms with Crippen LogP contribution in [0.25, 0.3) is 28.0 Å². The third kappa shape index (κ3) is 4.42. The van der Waals surface area contributed by atoms with E-state index in [1.54, 1.807) is 27.7 Å². The summed E-state index contributed by atoms with van der Waals surface area (Å²) < 4.78 is 83.2. The van der Waals surface area contributed by atoms with Crippen LogP contribution in [-0.4, -0.2) is 30.2 Å². The Labute approximate surface area is 202 Å². The summed E-state index contributed by atoms with van der Waals surface area (Å²) in [6.07, 6.45) is -3.54. The number of aromatic nitrogens is 2. The van der Waals surface area contributed by atoms with Gasteiger partial charge in [0.1, 0.15) is 28.5 Å². The Morgan fingerprint density at radius 1 is 1.23 bits per heavy atom. The fourth-order valence-electron chi connectivity index (χ4n) is 3.71. The Morgan fingerprint density at radius 2 is 1.94 bits per heavy atom. The van der Waals surface area contributed by atoms with Gasteiger partial charge in [-0.3, -0.25) is 4.98 Å². The molecule has 182 valence electrons. The van der Waals surface area contributed by atoms with Crippen molar-refractivity contribution in [3.63, 3.8) is 0 Å². The number of halogens is 4. The largest absolute Gasteiger partial charge is 0.404 e. The second kappa shape index (κ2) is 8.75. The van der Waals surface area contributed by atoms with Crippen LogP contribution in [0, 0.1) is 31.0 Å². The van der Waals surface area contributed by atoms with E-state index in [2.05, 4.69) is 4.98 Å². The van der Waals surface area contributed by atoms with Gasteiger partial charge in [0.15, 0.2) is 0 Å². The zero-order chi connectivity index (χ0) is 25.7. The lowest BCUT2D eigenvalue weighted by Gasteiger charge is -2.19. The molecule has 0 saturated heterocycles. The molecule has 0 radical (unpaired) electrons. The molecule has 0 fully saturated rings. The van der Waals surface area contributed by atoms with Gasteiger partial charge in [0.25, 0.3) is 0 Å². The number of fused-ring (bicyclic) bond motifs is 1. The average molecular weight is 523 g/mol. The molecule has 0 bridgehead atoms. The number of aryl methyl sites for hydroxylation is 2. The standard InChI is InChI=1S/C23H18F4N4O2S2/c1-12-7-19-16(9-18(12)24)17(10-28)22(31(19)15-8-13(2)34-11-15)21-20(5-4-6-29-21)35(32,33)30-14(3)23(25,26)27/h4-9,11,14,30H,1-3H3/t14-/m0/s1. The predicted molar refractivity (Wildman–Crippen MR) is 124 cm³/mol. The highest BCUT2D eigenvalue weighted by atomic mass is 32.2. The number of rotatable bonds is 5. The number of alkyl halides is 3. The van der Waals surface area contributed by atoms with Crippen LogP contribution in [0.5, 0.6) is 0 Å². The Bertz CT molecular complexity index is 1600.